The number of anilines is 1. The molecule has 0 atom stereocenters. The van der Waals surface area contributed by atoms with Gasteiger partial charge in [0.05, 0.1) is 11.4 Å². The van der Waals surface area contributed by atoms with Crippen LogP contribution in [0.5, 0.6) is 0 Å². The molecule has 0 N–H and O–H groups in total. The number of sulfonamides is 1. The van der Waals surface area contributed by atoms with Crippen molar-refractivity contribution >= 4 is 33.2 Å². The van der Waals surface area contributed by atoms with Gasteiger partial charge in [0.15, 0.2) is 0 Å². The van der Waals surface area contributed by atoms with Gasteiger partial charge in [0.25, 0.3) is 0 Å². The highest BCUT2D eigenvalue weighted by Gasteiger charge is 2.34. The van der Waals surface area contributed by atoms with Crippen molar-refractivity contribution in [2.45, 2.75) is 31.2 Å². The molecule has 1 aliphatic rings. The van der Waals surface area contributed by atoms with Crippen molar-refractivity contribution < 1.29 is 13.2 Å². The first-order valence-electron chi connectivity index (χ1n) is 11.0. The zero-order valence-electron chi connectivity index (χ0n) is 18.5. The van der Waals surface area contributed by atoms with Gasteiger partial charge in [-0.1, -0.05) is 59.6 Å². The van der Waals surface area contributed by atoms with Crippen molar-refractivity contribution in [1.29, 1.82) is 0 Å². The van der Waals surface area contributed by atoms with Crippen molar-refractivity contribution in [3.8, 4) is 0 Å². The summed E-state index contributed by atoms with van der Waals surface area (Å²) in [5, 5.41) is 0.493. The first-order valence-corrected chi connectivity index (χ1v) is 12.8. The molecule has 33 heavy (non-hydrogen) atoms. The number of piperidine rings is 1. The van der Waals surface area contributed by atoms with Crippen molar-refractivity contribution in [2.75, 3.05) is 18.0 Å². The summed E-state index contributed by atoms with van der Waals surface area (Å²) in [7, 11) is -3.60. The quantitative estimate of drug-likeness (QED) is 0.480. The van der Waals surface area contributed by atoms with Crippen molar-refractivity contribution in [3.05, 3.63) is 95.0 Å². The molecular formula is C26H27ClN2O3S. The molecule has 0 radical (unpaired) electrons. The molecule has 4 rings (SSSR count). The van der Waals surface area contributed by atoms with Crippen molar-refractivity contribution in [2.24, 2.45) is 5.92 Å². The van der Waals surface area contributed by atoms with Crippen LogP contribution in [0.4, 0.5) is 5.69 Å². The fourth-order valence-corrected chi connectivity index (χ4v) is 5.70. The van der Waals surface area contributed by atoms with Gasteiger partial charge in [0.1, 0.15) is 0 Å². The van der Waals surface area contributed by atoms with Crippen molar-refractivity contribution in [1.82, 2.24) is 4.31 Å². The largest absolute Gasteiger partial charge is 0.308 e. The average molecular weight is 483 g/mol. The van der Waals surface area contributed by atoms with Gasteiger partial charge in [-0.3, -0.25) is 4.79 Å². The average Bonchev–Trinajstić information content (AvgIpc) is 2.84. The van der Waals surface area contributed by atoms with Crippen LogP contribution in [0.1, 0.15) is 24.0 Å². The zero-order chi connectivity index (χ0) is 23.4. The molecule has 0 spiro atoms. The highest BCUT2D eigenvalue weighted by Crippen LogP contribution is 2.28. The third-order valence-corrected chi connectivity index (χ3v) is 8.21. The van der Waals surface area contributed by atoms with Crippen LogP contribution in [0.25, 0.3) is 0 Å². The van der Waals surface area contributed by atoms with Gasteiger partial charge in [-0.2, -0.15) is 4.31 Å². The highest BCUT2D eigenvalue weighted by molar-refractivity contribution is 7.89. The Balaban J connectivity index is 1.49. The molecule has 1 saturated heterocycles. The number of amides is 1. The van der Waals surface area contributed by atoms with E-state index in [1.54, 1.807) is 12.1 Å². The molecule has 1 fully saturated rings. The number of carbonyl (C=O) groups is 1. The Bertz CT molecular complexity index is 1190. The number of hydrogen-bond donors (Lipinski definition) is 0. The molecule has 172 valence electrons. The summed E-state index contributed by atoms with van der Waals surface area (Å²) in [6.45, 7) is 3.12. The number of carbonyl (C=O) groups excluding carboxylic acids is 1. The summed E-state index contributed by atoms with van der Waals surface area (Å²) < 4.78 is 27.4. The van der Waals surface area contributed by atoms with E-state index in [4.69, 9.17) is 11.6 Å². The standard InChI is InChI=1S/C26H27ClN2O3S/c1-20-7-11-24(12-8-20)29(19-21-5-3-2-4-6-21)26(30)22-15-17-28(18-16-22)33(31,32)25-13-9-23(27)10-14-25/h2-14,22H,15-19H2,1H3. The fourth-order valence-electron chi connectivity index (χ4n) is 4.11. The van der Waals surface area contributed by atoms with Gasteiger partial charge < -0.3 is 4.90 Å². The van der Waals surface area contributed by atoms with Crippen LogP contribution in [-0.4, -0.2) is 31.7 Å². The van der Waals surface area contributed by atoms with Crippen LogP contribution < -0.4 is 4.90 Å². The first-order chi connectivity index (χ1) is 15.8. The maximum Gasteiger partial charge on any atom is 0.243 e. The SMILES string of the molecule is Cc1ccc(N(Cc2ccccc2)C(=O)C2CCN(S(=O)(=O)c3ccc(Cl)cc3)CC2)cc1. The maximum atomic E-state index is 13.6. The minimum absolute atomic E-state index is 0.0336. The predicted molar refractivity (Wildman–Crippen MR) is 132 cm³/mol. The Kier molecular flexibility index (Phi) is 7.17. The van der Waals surface area contributed by atoms with Crippen LogP contribution in [0.15, 0.2) is 83.8 Å². The van der Waals surface area contributed by atoms with E-state index in [2.05, 4.69) is 0 Å². The molecule has 3 aromatic carbocycles. The molecule has 1 heterocycles. The number of aryl methyl sites for hydroxylation is 1. The van der Waals surface area contributed by atoms with Gasteiger partial charge in [-0.05, 0) is 61.7 Å². The lowest BCUT2D eigenvalue weighted by molar-refractivity contribution is -0.123. The van der Waals surface area contributed by atoms with Crippen molar-refractivity contribution in [3.63, 3.8) is 0 Å². The van der Waals surface area contributed by atoms with Gasteiger partial charge in [0.2, 0.25) is 15.9 Å². The molecule has 0 aliphatic carbocycles. The fraction of sp³-hybridized carbons (Fsp3) is 0.269. The lowest BCUT2D eigenvalue weighted by Crippen LogP contribution is -2.44. The molecule has 0 bridgehead atoms. The number of benzene rings is 3. The molecule has 0 saturated carbocycles. The normalized spacial score (nSPS) is 15.3. The Morgan fingerprint density at radius 1 is 0.939 bits per heavy atom. The zero-order valence-corrected chi connectivity index (χ0v) is 20.1. The highest BCUT2D eigenvalue weighted by atomic mass is 35.5. The van der Waals surface area contributed by atoms with Crippen LogP contribution in [0, 0.1) is 12.8 Å². The third-order valence-electron chi connectivity index (χ3n) is 6.05. The molecule has 7 heteroatoms. The molecule has 0 aromatic heterocycles. The molecule has 1 aliphatic heterocycles. The monoisotopic (exact) mass is 482 g/mol. The Morgan fingerprint density at radius 3 is 2.15 bits per heavy atom. The molecule has 0 unspecified atom stereocenters. The van der Waals surface area contributed by atoms with Crippen LogP contribution >= 0.6 is 11.6 Å². The van der Waals surface area contributed by atoms with E-state index in [-0.39, 0.29) is 16.7 Å². The summed E-state index contributed by atoms with van der Waals surface area (Å²) in [5.41, 5.74) is 3.03. The van der Waals surface area contributed by atoms with E-state index in [0.717, 1.165) is 16.8 Å². The van der Waals surface area contributed by atoms with E-state index in [1.807, 2.05) is 66.4 Å². The van der Waals surface area contributed by atoms with E-state index in [0.29, 0.717) is 37.5 Å². The number of halogens is 1. The maximum absolute atomic E-state index is 13.6. The van der Waals surface area contributed by atoms with Crippen LogP contribution in [0.3, 0.4) is 0 Å². The van der Waals surface area contributed by atoms with E-state index in [1.165, 1.54) is 16.4 Å². The van der Waals surface area contributed by atoms with E-state index >= 15 is 0 Å². The number of hydrogen-bond acceptors (Lipinski definition) is 3. The van der Waals surface area contributed by atoms with E-state index < -0.39 is 10.0 Å². The second-order valence-electron chi connectivity index (χ2n) is 8.38. The van der Waals surface area contributed by atoms with Crippen LogP contribution in [0.2, 0.25) is 5.02 Å². The minimum Gasteiger partial charge on any atom is -0.308 e. The topological polar surface area (TPSA) is 57.7 Å². The molecule has 5 nitrogen and oxygen atoms in total. The summed E-state index contributed by atoms with van der Waals surface area (Å²) >= 11 is 5.90. The van der Waals surface area contributed by atoms with Gasteiger partial charge in [-0.15, -0.1) is 0 Å². The van der Waals surface area contributed by atoms with Gasteiger partial charge in [0, 0.05) is 29.7 Å². The van der Waals surface area contributed by atoms with Crippen LogP contribution in [-0.2, 0) is 21.4 Å². The number of rotatable bonds is 6. The summed E-state index contributed by atoms with van der Waals surface area (Å²) in [5.74, 6) is -0.196. The van der Waals surface area contributed by atoms with Gasteiger partial charge >= 0.3 is 0 Å². The third kappa shape index (κ3) is 5.46. The lowest BCUT2D eigenvalue weighted by atomic mass is 9.96. The summed E-state index contributed by atoms with van der Waals surface area (Å²) in [6.07, 6.45) is 0.978. The molecule has 1 amide bonds. The smallest absolute Gasteiger partial charge is 0.243 e. The first kappa shape index (κ1) is 23.5. The Morgan fingerprint density at radius 2 is 1.55 bits per heavy atom. The lowest BCUT2D eigenvalue weighted by Gasteiger charge is -2.34. The second-order valence-corrected chi connectivity index (χ2v) is 10.8. The predicted octanol–water partition coefficient (Wildman–Crippen LogP) is 5.28. The Labute approximate surface area is 200 Å². The summed E-state index contributed by atoms with van der Waals surface area (Å²) in [4.78, 5) is 15.6. The molecular weight excluding hydrogens is 456 g/mol. The van der Waals surface area contributed by atoms with Gasteiger partial charge in [-0.25, -0.2) is 8.42 Å². The number of nitrogens with zero attached hydrogens (tertiary/aromatic N) is 2. The van der Waals surface area contributed by atoms with E-state index in [9.17, 15) is 13.2 Å². The summed E-state index contributed by atoms with van der Waals surface area (Å²) in [6, 6.07) is 24.0. The second kappa shape index (κ2) is 10.1. The Hall–Kier alpha value is -2.67. The minimum atomic E-state index is -3.60. The molecule has 3 aromatic rings.